The number of carbonyl (C=O) groups is 1. The van der Waals surface area contributed by atoms with Crippen molar-refractivity contribution in [3.8, 4) is 11.5 Å². The number of halogens is 3. The lowest BCUT2D eigenvalue weighted by Crippen LogP contribution is -2.21. The van der Waals surface area contributed by atoms with Gasteiger partial charge in [-0.25, -0.2) is 5.43 Å². The highest BCUT2D eigenvalue weighted by Gasteiger charge is 2.30. The minimum Gasteiger partial charge on any atom is -0.493 e. The van der Waals surface area contributed by atoms with E-state index in [0.29, 0.717) is 11.3 Å². The summed E-state index contributed by atoms with van der Waals surface area (Å²) in [5, 5.41) is 4.68. The summed E-state index contributed by atoms with van der Waals surface area (Å²) >= 11 is 20.2. The number of carbonyl (C=O) groups excluding carboxylic acids is 1. The highest BCUT2D eigenvalue weighted by Crippen LogP contribution is 2.50. The Hall–Kier alpha value is -1.42. The Labute approximate surface area is 168 Å². The number of anilines is 2. The topological polar surface area (TPSA) is 80.9 Å². The fourth-order valence-corrected chi connectivity index (χ4v) is 4.64. The van der Waals surface area contributed by atoms with Crippen LogP contribution in [-0.4, -0.2) is 27.2 Å². The third kappa shape index (κ3) is 3.06. The molecular formula is C15H14Cl3N3O4S. The molecule has 2 aromatic rings. The maximum absolute atomic E-state index is 12.8. The van der Waals surface area contributed by atoms with Crippen molar-refractivity contribution in [2.24, 2.45) is 0 Å². The van der Waals surface area contributed by atoms with Gasteiger partial charge >= 0.3 is 0 Å². The van der Waals surface area contributed by atoms with Crippen molar-refractivity contribution in [1.29, 1.82) is 0 Å². The van der Waals surface area contributed by atoms with Crippen molar-refractivity contribution in [3.05, 3.63) is 30.9 Å². The van der Waals surface area contributed by atoms with E-state index in [1.807, 2.05) is 0 Å². The van der Waals surface area contributed by atoms with Gasteiger partial charge in [0.05, 0.1) is 36.0 Å². The van der Waals surface area contributed by atoms with Crippen molar-refractivity contribution in [2.45, 2.75) is 6.23 Å². The van der Waals surface area contributed by atoms with Crippen LogP contribution in [0.4, 0.5) is 11.4 Å². The molecule has 26 heavy (non-hydrogen) atoms. The summed E-state index contributed by atoms with van der Waals surface area (Å²) < 4.78 is 15.7. The van der Waals surface area contributed by atoms with Crippen molar-refractivity contribution in [3.63, 3.8) is 0 Å². The van der Waals surface area contributed by atoms with Crippen LogP contribution in [0.15, 0.2) is 5.38 Å². The van der Waals surface area contributed by atoms with E-state index in [1.54, 1.807) is 12.5 Å². The zero-order chi connectivity index (χ0) is 19.0. The summed E-state index contributed by atoms with van der Waals surface area (Å²) in [6.45, 7) is 0. The molecule has 1 aromatic heterocycles. The predicted molar refractivity (Wildman–Crippen MR) is 103 cm³/mol. The number of amides is 1. The number of hydrazine groups is 1. The first-order valence-electron chi connectivity index (χ1n) is 7.20. The third-order valence-electron chi connectivity index (χ3n) is 3.75. The molecule has 1 aliphatic rings. The summed E-state index contributed by atoms with van der Waals surface area (Å²) in [6, 6.07) is 0. The van der Waals surface area contributed by atoms with Crippen molar-refractivity contribution < 1.29 is 19.0 Å². The summed E-state index contributed by atoms with van der Waals surface area (Å²) in [5.41, 5.74) is 7.06. The first-order chi connectivity index (χ1) is 12.4. The molecule has 0 aliphatic carbocycles. The van der Waals surface area contributed by atoms with E-state index in [1.165, 1.54) is 25.6 Å². The average molecular weight is 439 g/mol. The molecule has 1 atom stereocenters. The molecule has 3 rings (SSSR count). The summed E-state index contributed by atoms with van der Waals surface area (Å²) in [5.74, 6) is -0.108. The number of thiophene rings is 1. The maximum Gasteiger partial charge on any atom is 0.258 e. The van der Waals surface area contributed by atoms with Gasteiger partial charge in [-0.05, 0) is 0 Å². The van der Waals surface area contributed by atoms with Crippen LogP contribution in [0.25, 0.3) is 0 Å². The lowest BCUT2D eigenvalue weighted by molar-refractivity contribution is 0.0908. The van der Waals surface area contributed by atoms with Crippen molar-refractivity contribution in [2.75, 3.05) is 32.1 Å². The standard InChI is InChI=1S/C15H14Cl3N3O4S/c1-23-11-6(16)10(7(17)12(24-2)8(11)18)19-14(22)5-4-26-13-9(5)20-21-15(13)25-3/h4,15,20-21H,1-3H3,(H,19,22). The van der Waals surface area contributed by atoms with Gasteiger partial charge in [-0.3, -0.25) is 4.79 Å². The molecule has 7 nitrogen and oxygen atoms in total. The number of hydrogen-bond acceptors (Lipinski definition) is 7. The van der Waals surface area contributed by atoms with E-state index in [2.05, 4.69) is 16.2 Å². The second-order valence-electron chi connectivity index (χ2n) is 5.11. The van der Waals surface area contributed by atoms with Crippen LogP contribution in [0, 0.1) is 0 Å². The number of methoxy groups -OCH3 is 3. The zero-order valence-corrected chi connectivity index (χ0v) is 16.9. The average Bonchev–Trinajstić information content (AvgIpc) is 3.21. The van der Waals surface area contributed by atoms with Gasteiger partial charge in [0.15, 0.2) is 17.7 Å². The molecule has 3 N–H and O–H groups in total. The van der Waals surface area contributed by atoms with Gasteiger partial charge in [-0.2, -0.15) is 0 Å². The second-order valence-corrected chi connectivity index (χ2v) is 7.16. The molecule has 140 valence electrons. The Morgan fingerprint density at radius 2 is 1.73 bits per heavy atom. The molecule has 11 heteroatoms. The Morgan fingerprint density at radius 1 is 1.12 bits per heavy atom. The van der Waals surface area contributed by atoms with Crippen molar-refractivity contribution in [1.82, 2.24) is 5.43 Å². The number of ether oxygens (including phenoxy) is 3. The lowest BCUT2D eigenvalue weighted by atomic mass is 10.2. The Bertz CT molecular complexity index is 843. The van der Waals surface area contributed by atoms with E-state index < -0.39 is 5.91 Å². The number of hydrogen-bond donors (Lipinski definition) is 3. The van der Waals surface area contributed by atoms with E-state index in [0.717, 1.165) is 4.88 Å². The quantitative estimate of drug-likeness (QED) is 0.635. The van der Waals surface area contributed by atoms with Crippen LogP contribution in [0.3, 0.4) is 0 Å². The van der Waals surface area contributed by atoms with E-state index in [4.69, 9.17) is 49.0 Å². The van der Waals surface area contributed by atoms with Gasteiger partial charge < -0.3 is 25.0 Å². The van der Waals surface area contributed by atoms with Gasteiger partial charge in [0, 0.05) is 12.5 Å². The largest absolute Gasteiger partial charge is 0.493 e. The molecule has 0 radical (unpaired) electrons. The lowest BCUT2D eigenvalue weighted by Gasteiger charge is -2.17. The van der Waals surface area contributed by atoms with Crippen LogP contribution in [0.5, 0.6) is 11.5 Å². The number of rotatable bonds is 5. The number of nitrogens with one attached hydrogen (secondary N) is 3. The fourth-order valence-electron chi connectivity index (χ4n) is 2.50. The molecule has 1 amide bonds. The molecule has 2 heterocycles. The Kier molecular flexibility index (Phi) is 5.71. The second kappa shape index (κ2) is 7.67. The smallest absolute Gasteiger partial charge is 0.258 e. The van der Waals surface area contributed by atoms with Gasteiger partial charge in [-0.15, -0.1) is 11.3 Å². The molecule has 0 saturated carbocycles. The molecule has 1 aromatic carbocycles. The summed E-state index contributed by atoms with van der Waals surface area (Å²) in [6.07, 6.45) is -0.320. The Balaban J connectivity index is 1.99. The summed E-state index contributed by atoms with van der Waals surface area (Å²) in [4.78, 5) is 13.6. The van der Waals surface area contributed by atoms with E-state index in [-0.39, 0.29) is 38.5 Å². The molecule has 1 aliphatic heterocycles. The first kappa shape index (κ1) is 19.3. The normalized spacial score (nSPS) is 15.4. The predicted octanol–water partition coefficient (Wildman–Crippen LogP) is 4.55. The van der Waals surface area contributed by atoms with Gasteiger partial charge in [0.2, 0.25) is 0 Å². The van der Waals surface area contributed by atoms with Crippen LogP contribution in [0.1, 0.15) is 21.5 Å². The molecular weight excluding hydrogens is 425 g/mol. The van der Waals surface area contributed by atoms with Crippen molar-refractivity contribution >= 4 is 63.4 Å². The monoisotopic (exact) mass is 437 g/mol. The molecule has 0 saturated heterocycles. The number of benzene rings is 1. The highest BCUT2D eigenvalue weighted by molar-refractivity contribution is 7.11. The highest BCUT2D eigenvalue weighted by atomic mass is 35.5. The van der Waals surface area contributed by atoms with Gasteiger partial charge in [-0.1, -0.05) is 34.8 Å². The fraction of sp³-hybridized carbons (Fsp3) is 0.267. The van der Waals surface area contributed by atoms with Gasteiger partial charge in [0.1, 0.15) is 15.1 Å². The third-order valence-corrected chi connectivity index (χ3v) is 5.84. The minimum absolute atomic E-state index is 0.0735. The van der Waals surface area contributed by atoms with Crippen LogP contribution in [-0.2, 0) is 4.74 Å². The van der Waals surface area contributed by atoms with E-state index in [9.17, 15) is 4.79 Å². The van der Waals surface area contributed by atoms with Crippen LogP contribution in [0.2, 0.25) is 15.1 Å². The van der Waals surface area contributed by atoms with Crippen LogP contribution < -0.4 is 25.6 Å². The SMILES string of the molecule is COc1c(Cl)c(NC(=O)c2csc3c2NNC3OC)c(Cl)c(OC)c1Cl. The molecule has 0 bridgehead atoms. The molecule has 1 unspecified atom stereocenters. The zero-order valence-electron chi connectivity index (χ0n) is 13.8. The minimum atomic E-state index is -0.413. The Morgan fingerprint density at radius 3 is 2.27 bits per heavy atom. The number of fused-ring (bicyclic) bond motifs is 1. The maximum atomic E-state index is 12.8. The first-order valence-corrected chi connectivity index (χ1v) is 9.21. The summed E-state index contributed by atoms with van der Waals surface area (Å²) in [7, 11) is 4.37. The molecule has 0 spiro atoms. The van der Waals surface area contributed by atoms with Crippen LogP contribution >= 0.6 is 46.1 Å². The van der Waals surface area contributed by atoms with Gasteiger partial charge in [0.25, 0.3) is 5.91 Å². The van der Waals surface area contributed by atoms with E-state index >= 15 is 0 Å². The molecule has 0 fully saturated rings.